The summed E-state index contributed by atoms with van der Waals surface area (Å²) in [6.07, 6.45) is 13.8. The molecular weight excluding hydrogens is 196 g/mol. The first kappa shape index (κ1) is 14.0. The molecule has 0 saturated heterocycles. The molecule has 0 aliphatic heterocycles. The molecule has 3 N–H and O–H groups in total. The molecule has 2 saturated carbocycles. The minimum Gasteiger partial charge on any atom is -0.328 e. The Balaban J connectivity index is 0.000000165. The fourth-order valence-electron chi connectivity index (χ4n) is 2.73. The lowest BCUT2D eigenvalue weighted by Gasteiger charge is -2.21. The van der Waals surface area contributed by atoms with Crippen LogP contribution in [0.15, 0.2) is 0 Å². The van der Waals surface area contributed by atoms with E-state index in [2.05, 4.69) is 12.2 Å². The SMILES string of the molecule is CCNC1CCCCC1.NC1CCCCC1. The van der Waals surface area contributed by atoms with Gasteiger partial charge in [0.2, 0.25) is 0 Å². The first-order chi connectivity index (χ1) is 7.83. The van der Waals surface area contributed by atoms with Crippen LogP contribution in [-0.4, -0.2) is 18.6 Å². The average molecular weight is 226 g/mol. The van der Waals surface area contributed by atoms with Gasteiger partial charge < -0.3 is 11.1 Å². The molecule has 0 bridgehead atoms. The third kappa shape index (κ3) is 6.49. The second-order valence-corrected chi connectivity index (χ2v) is 5.29. The number of hydrogen-bond acceptors (Lipinski definition) is 2. The van der Waals surface area contributed by atoms with Crippen molar-refractivity contribution in [2.75, 3.05) is 6.54 Å². The number of nitrogens with one attached hydrogen (secondary N) is 1. The van der Waals surface area contributed by atoms with Gasteiger partial charge in [0.25, 0.3) is 0 Å². The van der Waals surface area contributed by atoms with Gasteiger partial charge in [-0.2, -0.15) is 0 Å². The second-order valence-electron chi connectivity index (χ2n) is 5.29. The molecule has 2 aliphatic rings. The normalized spacial score (nSPS) is 23.6. The zero-order valence-corrected chi connectivity index (χ0v) is 11.0. The quantitative estimate of drug-likeness (QED) is 0.759. The summed E-state index contributed by atoms with van der Waals surface area (Å²) in [5.41, 5.74) is 5.63. The molecule has 0 heterocycles. The van der Waals surface area contributed by atoms with E-state index in [0.717, 1.165) is 12.6 Å². The van der Waals surface area contributed by atoms with Gasteiger partial charge in [0.15, 0.2) is 0 Å². The highest BCUT2D eigenvalue weighted by molar-refractivity contribution is 4.70. The Kier molecular flexibility index (Phi) is 7.87. The molecule has 0 aromatic rings. The summed E-state index contributed by atoms with van der Waals surface area (Å²) in [6.45, 7) is 3.33. The zero-order valence-electron chi connectivity index (χ0n) is 11.0. The smallest absolute Gasteiger partial charge is 0.00669 e. The molecular formula is C14H30N2. The molecule has 0 spiro atoms. The summed E-state index contributed by atoms with van der Waals surface area (Å²) in [4.78, 5) is 0. The summed E-state index contributed by atoms with van der Waals surface area (Å²) in [6, 6.07) is 1.39. The molecule has 0 aromatic carbocycles. The molecule has 16 heavy (non-hydrogen) atoms. The van der Waals surface area contributed by atoms with Crippen molar-refractivity contribution >= 4 is 0 Å². The van der Waals surface area contributed by atoms with Crippen molar-refractivity contribution in [2.45, 2.75) is 83.2 Å². The monoisotopic (exact) mass is 226 g/mol. The van der Waals surface area contributed by atoms with Gasteiger partial charge in [-0.15, -0.1) is 0 Å². The lowest BCUT2D eigenvalue weighted by Crippen LogP contribution is -2.30. The van der Waals surface area contributed by atoms with E-state index >= 15 is 0 Å². The van der Waals surface area contributed by atoms with Crippen LogP contribution in [0.25, 0.3) is 0 Å². The number of hydrogen-bond donors (Lipinski definition) is 2. The molecule has 2 fully saturated rings. The van der Waals surface area contributed by atoms with E-state index in [4.69, 9.17) is 5.73 Å². The number of rotatable bonds is 2. The zero-order chi connectivity index (χ0) is 11.6. The van der Waals surface area contributed by atoms with E-state index in [9.17, 15) is 0 Å². The van der Waals surface area contributed by atoms with Crippen molar-refractivity contribution < 1.29 is 0 Å². The third-order valence-electron chi connectivity index (χ3n) is 3.75. The lowest BCUT2D eigenvalue weighted by atomic mass is 9.96. The van der Waals surface area contributed by atoms with Crippen molar-refractivity contribution in [3.63, 3.8) is 0 Å². The van der Waals surface area contributed by atoms with Crippen LogP contribution in [0, 0.1) is 0 Å². The summed E-state index contributed by atoms with van der Waals surface area (Å²) >= 11 is 0. The van der Waals surface area contributed by atoms with E-state index in [-0.39, 0.29) is 0 Å². The van der Waals surface area contributed by atoms with E-state index in [0.29, 0.717) is 6.04 Å². The fourth-order valence-corrected chi connectivity index (χ4v) is 2.73. The topological polar surface area (TPSA) is 38.0 Å². The Morgan fingerprint density at radius 2 is 1.38 bits per heavy atom. The summed E-state index contributed by atoms with van der Waals surface area (Å²) in [5, 5.41) is 3.48. The van der Waals surface area contributed by atoms with Gasteiger partial charge >= 0.3 is 0 Å². The molecule has 0 atom stereocenters. The Morgan fingerprint density at radius 3 is 1.75 bits per heavy atom. The van der Waals surface area contributed by atoms with Crippen molar-refractivity contribution in [2.24, 2.45) is 5.73 Å². The summed E-state index contributed by atoms with van der Waals surface area (Å²) in [7, 11) is 0. The van der Waals surface area contributed by atoms with Gasteiger partial charge in [-0.1, -0.05) is 45.4 Å². The molecule has 0 amide bonds. The van der Waals surface area contributed by atoms with Crippen LogP contribution in [0.5, 0.6) is 0 Å². The van der Waals surface area contributed by atoms with Gasteiger partial charge in [-0.3, -0.25) is 0 Å². The lowest BCUT2D eigenvalue weighted by molar-refractivity contribution is 0.380. The van der Waals surface area contributed by atoms with E-state index < -0.39 is 0 Å². The van der Waals surface area contributed by atoms with Crippen LogP contribution < -0.4 is 11.1 Å². The second kappa shape index (κ2) is 9.00. The fraction of sp³-hybridized carbons (Fsp3) is 1.00. The van der Waals surface area contributed by atoms with E-state index in [1.807, 2.05) is 0 Å². The van der Waals surface area contributed by atoms with Crippen molar-refractivity contribution in [3.05, 3.63) is 0 Å². The van der Waals surface area contributed by atoms with Gasteiger partial charge in [0, 0.05) is 12.1 Å². The summed E-state index contributed by atoms with van der Waals surface area (Å²) in [5.74, 6) is 0. The van der Waals surface area contributed by atoms with Crippen LogP contribution in [0.1, 0.15) is 71.1 Å². The highest BCUT2D eigenvalue weighted by atomic mass is 14.9. The highest BCUT2D eigenvalue weighted by Gasteiger charge is 2.10. The third-order valence-corrected chi connectivity index (χ3v) is 3.75. The largest absolute Gasteiger partial charge is 0.328 e. The summed E-state index contributed by atoms with van der Waals surface area (Å²) < 4.78 is 0. The standard InChI is InChI=1S/C8H17N.C6H13N/c1-2-9-8-6-4-3-5-7-8;7-6-4-2-1-3-5-6/h8-9H,2-7H2,1H3;6H,1-5,7H2. The molecule has 2 heteroatoms. The van der Waals surface area contributed by atoms with E-state index in [1.54, 1.807) is 0 Å². The van der Waals surface area contributed by atoms with Gasteiger partial charge in [0.05, 0.1) is 0 Å². The van der Waals surface area contributed by atoms with Crippen LogP contribution in [0.4, 0.5) is 0 Å². The van der Waals surface area contributed by atoms with Gasteiger partial charge in [0.1, 0.15) is 0 Å². The Morgan fingerprint density at radius 1 is 0.875 bits per heavy atom. The molecule has 2 aliphatic carbocycles. The molecule has 2 rings (SSSR count). The van der Waals surface area contributed by atoms with Crippen molar-refractivity contribution in [3.8, 4) is 0 Å². The van der Waals surface area contributed by atoms with Crippen molar-refractivity contribution in [1.82, 2.24) is 5.32 Å². The van der Waals surface area contributed by atoms with Crippen LogP contribution in [0.3, 0.4) is 0 Å². The minimum atomic E-state index is 0.536. The molecule has 96 valence electrons. The predicted octanol–water partition coefficient (Wildman–Crippen LogP) is 3.21. The molecule has 2 nitrogen and oxygen atoms in total. The maximum absolute atomic E-state index is 5.63. The Labute approximate surface area is 101 Å². The maximum Gasteiger partial charge on any atom is 0.00669 e. The molecule has 0 unspecified atom stereocenters. The highest BCUT2D eigenvalue weighted by Crippen LogP contribution is 2.16. The Bertz CT molecular complexity index is 144. The van der Waals surface area contributed by atoms with Gasteiger partial charge in [-0.05, 0) is 32.2 Å². The van der Waals surface area contributed by atoms with Crippen molar-refractivity contribution in [1.29, 1.82) is 0 Å². The average Bonchev–Trinajstić information content (AvgIpc) is 2.33. The van der Waals surface area contributed by atoms with Crippen LogP contribution in [-0.2, 0) is 0 Å². The Hall–Kier alpha value is -0.0800. The van der Waals surface area contributed by atoms with Gasteiger partial charge in [-0.25, -0.2) is 0 Å². The number of nitrogens with two attached hydrogens (primary N) is 1. The van der Waals surface area contributed by atoms with Crippen LogP contribution in [0.2, 0.25) is 0 Å². The molecule has 0 aromatic heterocycles. The van der Waals surface area contributed by atoms with E-state index in [1.165, 1.54) is 64.2 Å². The first-order valence-corrected chi connectivity index (χ1v) is 7.32. The maximum atomic E-state index is 5.63. The van der Waals surface area contributed by atoms with Crippen LogP contribution >= 0.6 is 0 Å². The predicted molar refractivity (Wildman–Crippen MR) is 71.6 cm³/mol. The first-order valence-electron chi connectivity index (χ1n) is 7.32. The molecule has 0 radical (unpaired) electrons. The minimum absolute atomic E-state index is 0.536.